The Morgan fingerprint density at radius 3 is 1.54 bits per heavy atom. The van der Waals surface area contributed by atoms with Gasteiger partial charge in [-0.05, 0) is 77.8 Å². The lowest BCUT2D eigenvalue weighted by atomic mass is 9.97. The van der Waals surface area contributed by atoms with Crippen molar-refractivity contribution < 1.29 is 9.84 Å². The van der Waals surface area contributed by atoms with Crippen LogP contribution < -0.4 is 28.4 Å². The summed E-state index contributed by atoms with van der Waals surface area (Å²) < 4.78 is 5.18. The van der Waals surface area contributed by atoms with E-state index < -0.39 is 0 Å². The van der Waals surface area contributed by atoms with Crippen LogP contribution in [0.4, 0.5) is 5.95 Å². The number of rotatable bonds is 4. The van der Waals surface area contributed by atoms with Gasteiger partial charge in [0.25, 0.3) is 0 Å². The molecule has 1 aromatic heterocycles. The van der Waals surface area contributed by atoms with Gasteiger partial charge in [-0.2, -0.15) is 10.2 Å². The van der Waals surface area contributed by atoms with Crippen LogP contribution >= 0.6 is 0 Å². The van der Waals surface area contributed by atoms with Crippen molar-refractivity contribution in [3.63, 3.8) is 0 Å². The number of amidine groups is 1. The number of nitrogens with two attached hydrogens (primary N) is 4. The Bertz CT molecular complexity index is 758. The van der Waals surface area contributed by atoms with Crippen LogP contribution in [0.15, 0.2) is 27.7 Å². The van der Waals surface area contributed by atoms with Gasteiger partial charge in [0.1, 0.15) is 5.84 Å². The lowest BCUT2D eigenvalue weighted by Gasteiger charge is -2.19. The second-order valence-electron chi connectivity index (χ2n) is 11.7. The summed E-state index contributed by atoms with van der Waals surface area (Å²) in [5, 5.41) is 24.5. The van der Waals surface area contributed by atoms with Gasteiger partial charge < -0.3 is 43.2 Å². The number of aliphatic hydroxyl groups excluding tert-OH is 1. The maximum absolute atomic E-state index is 8.57. The van der Waals surface area contributed by atoms with Gasteiger partial charge in [-0.3, -0.25) is 0 Å². The van der Waals surface area contributed by atoms with Gasteiger partial charge >= 0.3 is 0 Å². The van der Waals surface area contributed by atoms with Crippen molar-refractivity contribution in [3.05, 3.63) is 12.4 Å². The summed E-state index contributed by atoms with van der Waals surface area (Å²) in [4.78, 5) is 6.59. The molecule has 268 valence electrons. The first kappa shape index (κ1) is 45.4. The van der Waals surface area contributed by atoms with Crippen molar-refractivity contribution in [2.75, 3.05) is 18.6 Å². The minimum atomic E-state index is 0.142. The van der Waals surface area contributed by atoms with E-state index in [0.29, 0.717) is 29.9 Å². The van der Waals surface area contributed by atoms with E-state index in [1.165, 1.54) is 109 Å². The molecule has 1 saturated heterocycles. The predicted molar refractivity (Wildman–Crippen MR) is 197 cm³/mol. The molecular weight excluding hydrogens is 582 g/mol. The van der Waals surface area contributed by atoms with Crippen LogP contribution in [0, 0.1) is 5.41 Å². The smallest absolute Gasteiger partial charge is 0.220 e. The van der Waals surface area contributed by atoms with Crippen LogP contribution in [0.3, 0.4) is 0 Å². The highest BCUT2D eigenvalue weighted by molar-refractivity contribution is 5.77. The number of aromatic amines is 1. The van der Waals surface area contributed by atoms with Crippen molar-refractivity contribution in [1.29, 1.82) is 5.41 Å². The minimum Gasteiger partial charge on any atom is -0.394 e. The number of ether oxygens (including phenoxy) is 1. The van der Waals surface area contributed by atoms with Crippen LogP contribution in [0.2, 0.25) is 0 Å². The summed E-state index contributed by atoms with van der Waals surface area (Å²) >= 11 is 0. The molecule has 1 unspecified atom stereocenters. The molecule has 0 radical (unpaired) electrons. The van der Waals surface area contributed by atoms with E-state index in [0.717, 1.165) is 19.4 Å². The molecule has 4 fully saturated rings. The van der Waals surface area contributed by atoms with Crippen molar-refractivity contribution in [3.8, 4) is 0 Å². The molecule has 13 nitrogen and oxygen atoms in total. The Morgan fingerprint density at radius 1 is 0.913 bits per heavy atom. The van der Waals surface area contributed by atoms with E-state index in [-0.39, 0.29) is 12.7 Å². The Morgan fingerprint density at radius 2 is 1.35 bits per heavy atom. The second kappa shape index (κ2) is 35.1. The Labute approximate surface area is 279 Å². The Hall–Kier alpha value is -2.71. The molecular formula is C33H69N11O2. The number of hydrogen-bond donors (Lipinski definition) is 8. The first-order chi connectivity index (χ1) is 22.2. The van der Waals surface area contributed by atoms with Crippen LogP contribution in [0.5, 0.6) is 0 Å². The molecule has 13 heteroatoms. The molecule has 12 N–H and O–H groups in total. The SMILES string of the molecule is C=NN=C(C)N.C=NNc1ncc[nH]1.CC=N.NC1CCCCC1.NC1CCCCC1.NC1CCCCC1.OCC1CCCCO1. The molecule has 0 aromatic carbocycles. The molecule has 3 saturated carbocycles. The van der Waals surface area contributed by atoms with Gasteiger partial charge in [-0.25, -0.2) is 10.4 Å². The fraction of sp³-hybridized carbons (Fsp3) is 0.788. The zero-order chi connectivity index (χ0) is 34.7. The lowest BCUT2D eigenvalue weighted by Crippen LogP contribution is -2.22. The fourth-order valence-corrected chi connectivity index (χ4v) is 4.87. The van der Waals surface area contributed by atoms with E-state index in [1.54, 1.807) is 26.2 Å². The summed E-state index contributed by atoms with van der Waals surface area (Å²) in [7, 11) is 0. The molecule has 5 rings (SSSR count). The highest BCUT2D eigenvalue weighted by Crippen LogP contribution is 2.16. The first-order valence-electron chi connectivity index (χ1n) is 17.1. The van der Waals surface area contributed by atoms with E-state index in [4.69, 9.17) is 38.2 Å². The highest BCUT2D eigenvalue weighted by Gasteiger charge is 2.11. The normalized spacial score (nSPS) is 20.0. The quantitative estimate of drug-likeness (QED) is 0.118. The number of aromatic nitrogens is 2. The van der Waals surface area contributed by atoms with Gasteiger partial charge in [0.2, 0.25) is 5.95 Å². The van der Waals surface area contributed by atoms with Gasteiger partial charge in [0, 0.05) is 50.6 Å². The average Bonchev–Trinajstić information content (AvgIpc) is 3.58. The number of hydrogen-bond acceptors (Lipinski definition) is 11. The molecule has 0 amide bonds. The average molecular weight is 652 g/mol. The number of H-pyrrole nitrogens is 1. The monoisotopic (exact) mass is 652 g/mol. The molecule has 1 atom stereocenters. The summed E-state index contributed by atoms with van der Waals surface area (Å²) in [6, 6.07) is 1.61. The van der Waals surface area contributed by atoms with Gasteiger partial charge in [-0.15, -0.1) is 5.10 Å². The molecule has 1 aromatic rings. The number of nitrogens with zero attached hydrogens (tertiary/aromatic N) is 4. The van der Waals surface area contributed by atoms with Crippen LogP contribution in [0.1, 0.15) is 129 Å². The van der Waals surface area contributed by atoms with E-state index >= 15 is 0 Å². The maximum Gasteiger partial charge on any atom is 0.220 e. The summed E-state index contributed by atoms with van der Waals surface area (Å²) in [5.41, 5.74) is 24.5. The van der Waals surface area contributed by atoms with Crippen molar-refractivity contribution in [1.82, 2.24) is 9.97 Å². The van der Waals surface area contributed by atoms with Crippen molar-refractivity contribution >= 4 is 31.4 Å². The standard InChI is InChI=1S/3C6H13N.C6H12O2.C4H6N4.C3H7N3.C2H5N/c3*7-6-4-2-1-3-5-6;7-5-6-3-1-2-4-8-6;1-5-8-4-6-2-3-7-4;1-3(4)6-5-2;1-2-3/h3*6H,1-5,7H2;6-7H,1-5H2;2-3H,1H2,(H2,6,7,8);2H2,1H3,(H2,4,6);2-3H,1H3. The van der Waals surface area contributed by atoms with Crippen LogP contribution in [-0.2, 0) is 4.74 Å². The largest absolute Gasteiger partial charge is 0.394 e. The molecule has 1 aliphatic heterocycles. The van der Waals surface area contributed by atoms with Crippen molar-refractivity contribution in [2.45, 2.75) is 154 Å². The molecule has 0 spiro atoms. The zero-order valence-electron chi connectivity index (χ0n) is 29.1. The highest BCUT2D eigenvalue weighted by atomic mass is 16.5. The number of nitrogens with one attached hydrogen (secondary N) is 3. The van der Waals surface area contributed by atoms with Gasteiger partial charge in [0.05, 0.1) is 12.7 Å². The molecule has 3 aliphatic carbocycles. The summed E-state index contributed by atoms with van der Waals surface area (Å²) in [6.07, 6.45) is 28.1. The van der Waals surface area contributed by atoms with Gasteiger partial charge in [0.15, 0.2) is 0 Å². The van der Waals surface area contributed by atoms with E-state index in [1.807, 2.05) is 0 Å². The van der Waals surface area contributed by atoms with E-state index in [2.05, 4.69) is 44.1 Å². The summed E-state index contributed by atoms with van der Waals surface area (Å²) in [6.45, 7) is 10.6. The third-order valence-corrected chi connectivity index (χ3v) is 7.34. The number of aliphatic hydroxyl groups is 1. The van der Waals surface area contributed by atoms with Gasteiger partial charge in [-0.1, -0.05) is 57.8 Å². The number of imidazole rings is 1. The summed E-state index contributed by atoms with van der Waals surface area (Å²) in [5.74, 6) is 1.05. The predicted octanol–water partition coefficient (Wildman–Crippen LogP) is 5.45. The zero-order valence-corrected chi connectivity index (χ0v) is 29.1. The number of anilines is 1. The molecule has 46 heavy (non-hydrogen) atoms. The van der Waals surface area contributed by atoms with Crippen LogP contribution in [-0.4, -0.2) is 78.0 Å². The van der Waals surface area contributed by atoms with Crippen molar-refractivity contribution in [2.24, 2.45) is 38.2 Å². The topological polar surface area (TPSA) is 235 Å². The third kappa shape index (κ3) is 34.2. The maximum atomic E-state index is 8.57. The molecule has 0 bridgehead atoms. The van der Waals surface area contributed by atoms with Crippen LogP contribution in [0.25, 0.3) is 0 Å². The Kier molecular flexibility index (Phi) is 34.7. The third-order valence-electron chi connectivity index (χ3n) is 7.34. The molecule has 2 heterocycles. The first-order valence-corrected chi connectivity index (χ1v) is 17.1. The number of hydrazone groups is 1. The fourth-order valence-electron chi connectivity index (χ4n) is 4.87. The second-order valence-corrected chi connectivity index (χ2v) is 11.7. The minimum absolute atomic E-state index is 0.142. The lowest BCUT2D eigenvalue weighted by molar-refractivity contribution is -0.0172. The Balaban J connectivity index is 0. The van der Waals surface area contributed by atoms with E-state index in [9.17, 15) is 0 Å². The molecule has 4 aliphatic rings.